The zero-order valence-corrected chi connectivity index (χ0v) is 6.73. The molecule has 0 aromatic heterocycles. The van der Waals surface area contributed by atoms with Crippen LogP contribution in [-0.2, 0) is 0 Å². The molecule has 0 aliphatic carbocycles. The highest BCUT2D eigenvalue weighted by atomic mass is 19.3. The Hall–Kier alpha value is -1.59. The molecule has 0 fully saturated rings. The van der Waals surface area contributed by atoms with Crippen molar-refractivity contribution in [1.29, 1.82) is 0 Å². The van der Waals surface area contributed by atoms with Gasteiger partial charge in [-0.25, -0.2) is 17.6 Å². The number of amides is 1. The Bertz CT molecular complexity index is 378. The number of alkyl halides is 2. The SMILES string of the molecule is NC(=O)c1cc(F)c(C(F)F)cc1F. The van der Waals surface area contributed by atoms with Crippen LogP contribution >= 0.6 is 0 Å². The fraction of sp³-hybridized carbons (Fsp3) is 0.125. The molecule has 0 unspecified atom stereocenters. The number of benzene rings is 1. The third-order valence-electron chi connectivity index (χ3n) is 1.59. The number of nitrogens with two attached hydrogens (primary N) is 1. The summed E-state index contributed by atoms with van der Waals surface area (Å²) in [6.45, 7) is 0. The third kappa shape index (κ3) is 1.84. The summed E-state index contributed by atoms with van der Waals surface area (Å²) in [5, 5.41) is 0. The van der Waals surface area contributed by atoms with Crippen LogP contribution < -0.4 is 5.73 Å². The predicted molar refractivity (Wildman–Crippen MR) is 39.8 cm³/mol. The van der Waals surface area contributed by atoms with Crippen molar-refractivity contribution in [3.63, 3.8) is 0 Å². The average molecular weight is 207 g/mol. The molecule has 2 N–H and O–H groups in total. The summed E-state index contributed by atoms with van der Waals surface area (Å²) in [4.78, 5) is 10.5. The van der Waals surface area contributed by atoms with Crippen LogP contribution in [0.2, 0.25) is 0 Å². The lowest BCUT2D eigenvalue weighted by molar-refractivity contribution is 0.0994. The predicted octanol–water partition coefficient (Wildman–Crippen LogP) is 2.00. The molecular weight excluding hydrogens is 202 g/mol. The van der Waals surface area contributed by atoms with Crippen molar-refractivity contribution in [2.75, 3.05) is 0 Å². The molecule has 0 saturated heterocycles. The van der Waals surface area contributed by atoms with Crippen LogP contribution in [-0.4, -0.2) is 5.91 Å². The number of rotatable bonds is 2. The van der Waals surface area contributed by atoms with Crippen molar-refractivity contribution >= 4 is 5.91 Å². The van der Waals surface area contributed by atoms with Crippen molar-refractivity contribution in [2.45, 2.75) is 6.43 Å². The van der Waals surface area contributed by atoms with Crippen molar-refractivity contribution in [3.05, 3.63) is 34.9 Å². The average Bonchev–Trinajstić information content (AvgIpc) is 2.07. The summed E-state index contributed by atoms with van der Waals surface area (Å²) in [5.41, 5.74) is 2.84. The second-order valence-electron chi connectivity index (χ2n) is 2.52. The first-order chi connectivity index (χ1) is 6.43. The first-order valence-corrected chi connectivity index (χ1v) is 3.50. The van der Waals surface area contributed by atoms with Gasteiger partial charge >= 0.3 is 0 Å². The van der Waals surface area contributed by atoms with E-state index >= 15 is 0 Å². The number of halogens is 4. The zero-order valence-electron chi connectivity index (χ0n) is 6.73. The van der Waals surface area contributed by atoms with Crippen LogP contribution in [0.15, 0.2) is 12.1 Å². The van der Waals surface area contributed by atoms with Gasteiger partial charge in [0.05, 0.1) is 11.1 Å². The van der Waals surface area contributed by atoms with E-state index in [4.69, 9.17) is 0 Å². The molecular formula is C8H5F4NO. The molecule has 1 aromatic carbocycles. The molecule has 76 valence electrons. The van der Waals surface area contributed by atoms with E-state index in [1.807, 2.05) is 0 Å². The van der Waals surface area contributed by atoms with E-state index in [9.17, 15) is 22.4 Å². The summed E-state index contributed by atoms with van der Waals surface area (Å²) in [7, 11) is 0. The summed E-state index contributed by atoms with van der Waals surface area (Å²) in [6.07, 6.45) is -3.13. The van der Waals surface area contributed by atoms with Gasteiger partial charge in [-0.05, 0) is 12.1 Å². The number of primary amides is 1. The Morgan fingerprint density at radius 3 is 2.21 bits per heavy atom. The maximum atomic E-state index is 12.8. The van der Waals surface area contributed by atoms with E-state index in [2.05, 4.69) is 5.73 Å². The molecule has 1 rings (SSSR count). The Morgan fingerprint density at radius 2 is 1.79 bits per heavy atom. The minimum Gasteiger partial charge on any atom is -0.366 e. The molecule has 6 heteroatoms. The van der Waals surface area contributed by atoms with Gasteiger partial charge in [-0.15, -0.1) is 0 Å². The summed E-state index contributed by atoms with van der Waals surface area (Å²) < 4.78 is 49.7. The molecule has 0 heterocycles. The van der Waals surface area contributed by atoms with E-state index < -0.39 is 35.1 Å². The van der Waals surface area contributed by atoms with Crippen molar-refractivity contribution < 1.29 is 22.4 Å². The van der Waals surface area contributed by atoms with Gasteiger partial charge in [0, 0.05) is 0 Å². The van der Waals surface area contributed by atoms with Crippen LogP contribution in [0.1, 0.15) is 22.3 Å². The molecule has 14 heavy (non-hydrogen) atoms. The van der Waals surface area contributed by atoms with Crippen LogP contribution in [0.4, 0.5) is 17.6 Å². The molecule has 0 radical (unpaired) electrons. The van der Waals surface area contributed by atoms with Crippen LogP contribution in [0.3, 0.4) is 0 Å². The van der Waals surface area contributed by atoms with Gasteiger partial charge < -0.3 is 5.73 Å². The molecule has 0 spiro atoms. The molecule has 0 bridgehead atoms. The minimum absolute atomic E-state index is 0.264. The van der Waals surface area contributed by atoms with Crippen LogP contribution in [0.25, 0.3) is 0 Å². The monoisotopic (exact) mass is 207 g/mol. The topological polar surface area (TPSA) is 43.1 Å². The van der Waals surface area contributed by atoms with Crippen molar-refractivity contribution in [3.8, 4) is 0 Å². The standard InChI is InChI=1S/C8H5F4NO/c9-5-2-4(8(13)14)6(10)1-3(5)7(11)12/h1-2,7H,(H2,13,14). The molecule has 0 saturated carbocycles. The van der Waals surface area contributed by atoms with E-state index in [1.54, 1.807) is 0 Å². The summed E-state index contributed by atoms with van der Waals surface area (Å²) in [5.74, 6) is -3.81. The van der Waals surface area contributed by atoms with Gasteiger partial charge in [0.25, 0.3) is 12.3 Å². The Kier molecular flexibility index (Phi) is 2.73. The van der Waals surface area contributed by atoms with Gasteiger partial charge in [-0.1, -0.05) is 0 Å². The van der Waals surface area contributed by atoms with Gasteiger partial charge in [0.1, 0.15) is 11.6 Å². The van der Waals surface area contributed by atoms with Gasteiger partial charge in [0.2, 0.25) is 0 Å². The summed E-state index contributed by atoms with van der Waals surface area (Å²) >= 11 is 0. The maximum Gasteiger partial charge on any atom is 0.266 e. The molecule has 0 aliphatic heterocycles. The lowest BCUT2D eigenvalue weighted by atomic mass is 10.1. The molecule has 1 aromatic rings. The van der Waals surface area contributed by atoms with Crippen LogP contribution in [0, 0.1) is 11.6 Å². The van der Waals surface area contributed by atoms with Gasteiger partial charge in [-0.3, -0.25) is 4.79 Å². The Labute approximate surface area is 76.3 Å². The highest BCUT2D eigenvalue weighted by Gasteiger charge is 2.19. The zero-order chi connectivity index (χ0) is 10.9. The number of carbonyl (C=O) groups is 1. The second kappa shape index (κ2) is 3.65. The lowest BCUT2D eigenvalue weighted by Gasteiger charge is -2.04. The van der Waals surface area contributed by atoms with Crippen LogP contribution in [0.5, 0.6) is 0 Å². The lowest BCUT2D eigenvalue weighted by Crippen LogP contribution is -2.14. The van der Waals surface area contributed by atoms with Crippen molar-refractivity contribution in [2.24, 2.45) is 5.73 Å². The maximum absolute atomic E-state index is 12.8. The molecule has 1 amide bonds. The fourth-order valence-electron chi connectivity index (χ4n) is 0.918. The highest BCUT2D eigenvalue weighted by molar-refractivity contribution is 5.93. The Balaban J connectivity index is 3.31. The third-order valence-corrected chi connectivity index (χ3v) is 1.59. The van der Waals surface area contributed by atoms with E-state index in [1.165, 1.54) is 0 Å². The number of hydrogen-bond donors (Lipinski definition) is 1. The van der Waals surface area contributed by atoms with Crippen molar-refractivity contribution in [1.82, 2.24) is 0 Å². The van der Waals surface area contributed by atoms with E-state index in [-0.39, 0.29) is 6.07 Å². The fourth-order valence-corrected chi connectivity index (χ4v) is 0.918. The smallest absolute Gasteiger partial charge is 0.266 e. The van der Waals surface area contributed by atoms with E-state index in [0.717, 1.165) is 0 Å². The number of hydrogen-bond acceptors (Lipinski definition) is 1. The largest absolute Gasteiger partial charge is 0.366 e. The first-order valence-electron chi connectivity index (χ1n) is 3.50. The molecule has 0 atom stereocenters. The van der Waals surface area contributed by atoms with Gasteiger partial charge in [-0.2, -0.15) is 0 Å². The van der Waals surface area contributed by atoms with E-state index in [0.29, 0.717) is 6.07 Å². The molecule has 2 nitrogen and oxygen atoms in total. The Morgan fingerprint density at radius 1 is 1.21 bits per heavy atom. The number of carbonyl (C=O) groups excluding carboxylic acids is 1. The summed E-state index contributed by atoms with van der Waals surface area (Å²) in [6, 6.07) is 0.624. The first kappa shape index (κ1) is 10.5. The highest BCUT2D eigenvalue weighted by Crippen LogP contribution is 2.24. The van der Waals surface area contributed by atoms with Gasteiger partial charge in [0.15, 0.2) is 0 Å². The molecule has 0 aliphatic rings. The quantitative estimate of drug-likeness (QED) is 0.740. The second-order valence-corrected chi connectivity index (χ2v) is 2.52. The normalized spacial score (nSPS) is 10.6. The minimum atomic E-state index is -3.13.